The van der Waals surface area contributed by atoms with E-state index in [0.29, 0.717) is 32.7 Å². The molecule has 0 fully saturated rings. The van der Waals surface area contributed by atoms with Crippen molar-refractivity contribution in [2.75, 3.05) is 32.8 Å². The van der Waals surface area contributed by atoms with E-state index >= 15 is 0 Å². The van der Waals surface area contributed by atoms with E-state index in [9.17, 15) is 9.59 Å². The van der Waals surface area contributed by atoms with Gasteiger partial charge in [0.05, 0.1) is 6.61 Å². The van der Waals surface area contributed by atoms with Gasteiger partial charge in [0.25, 0.3) is 0 Å². The van der Waals surface area contributed by atoms with Crippen LogP contribution in [0, 0.1) is 0 Å². The van der Waals surface area contributed by atoms with Crippen LogP contribution in [0.1, 0.15) is 19.8 Å². The van der Waals surface area contributed by atoms with Gasteiger partial charge in [-0.05, 0) is 6.42 Å². The monoisotopic (exact) mass is 231 g/mol. The summed E-state index contributed by atoms with van der Waals surface area (Å²) in [5.41, 5.74) is 5.19. The SMILES string of the molecule is CCCNC(=O)CCNC(=O)COCCN. The van der Waals surface area contributed by atoms with Crippen molar-refractivity contribution in [1.82, 2.24) is 10.6 Å². The zero-order valence-corrected chi connectivity index (χ0v) is 9.75. The summed E-state index contributed by atoms with van der Waals surface area (Å²) < 4.78 is 4.93. The Morgan fingerprint density at radius 1 is 1.19 bits per heavy atom. The third-order valence-corrected chi connectivity index (χ3v) is 1.74. The fraction of sp³-hybridized carbons (Fsp3) is 0.800. The maximum Gasteiger partial charge on any atom is 0.246 e. The van der Waals surface area contributed by atoms with Crippen molar-refractivity contribution < 1.29 is 14.3 Å². The lowest BCUT2D eigenvalue weighted by atomic mass is 10.3. The largest absolute Gasteiger partial charge is 0.370 e. The highest BCUT2D eigenvalue weighted by atomic mass is 16.5. The number of carbonyl (C=O) groups is 2. The predicted molar refractivity (Wildman–Crippen MR) is 60.8 cm³/mol. The normalized spacial score (nSPS) is 9.88. The first kappa shape index (κ1) is 14.9. The standard InChI is InChI=1S/C10H21N3O3/c1-2-5-12-9(14)3-6-13-10(15)8-16-7-4-11/h2-8,11H2,1H3,(H,12,14)(H,13,15). The van der Waals surface area contributed by atoms with Gasteiger partial charge in [0.15, 0.2) is 0 Å². The predicted octanol–water partition coefficient (Wildman–Crippen LogP) is -1.01. The van der Waals surface area contributed by atoms with Crippen LogP contribution in [0.25, 0.3) is 0 Å². The fourth-order valence-corrected chi connectivity index (χ4v) is 0.967. The first-order valence-electron chi connectivity index (χ1n) is 5.52. The number of nitrogens with one attached hydrogen (secondary N) is 2. The maximum atomic E-state index is 11.1. The van der Waals surface area contributed by atoms with Gasteiger partial charge in [-0.2, -0.15) is 0 Å². The van der Waals surface area contributed by atoms with Crippen LogP contribution in [0.15, 0.2) is 0 Å². The summed E-state index contributed by atoms with van der Waals surface area (Å²) in [5, 5.41) is 5.30. The Hall–Kier alpha value is -1.14. The molecule has 4 N–H and O–H groups in total. The molecule has 0 unspecified atom stereocenters. The molecular formula is C10H21N3O3. The molecule has 6 nitrogen and oxygen atoms in total. The van der Waals surface area contributed by atoms with Gasteiger partial charge in [-0.15, -0.1) is 0 Å². The van der Waals surface area contributed by atoms with Gasteiger partial charge in [-0.1, -0.05) is 6.92 Å². The fourth-order valence-electron chi connectivity index (χ4n) is 0.967. The van der Waals surface area contributed by atoms with E-state index in [1.807, 2.05) is 6.92 Å². The van der Waals surface area contributed by atoms with Crippen LogP contribution >= 0.6 is 0 Å². The first-order valence-corrected chi connectivity index (χ1v) is 5.52. The van der Waals surface area contributed by atoms with Crippen molar-refractivity contribution in [3.63, 3.8) is 0 Å². The Kier molecular flexibility index (Phi) is 9.64. The average molecular weight is 231 g/mol. The van der Waals surface area contributed by atoms with Crippen LogP contribution in [0.4, 0.5) is 0 Å². The van der Waals surface area contributed by atoms with Crippen LogP contribution in [0.3, 0.4) is 0 Å². The first-order chi connectivity index (χ1) is 7.70. The molecule has 0 rings (SSSR count). The Balaban J connectivity index is 3.36. The number of hydrogen-bond acceptors (Lipinski definition) is 4. The third kappa shape index (κ3) is 9.42. The number of hydrogen-bond donors (Lipinski definition) is 3. The van der Waals surface area contributed by atoms with Crippen LogP contribution in [0.2, 0.25) is 0 Å². The Bertz CT molecular complexity index is 209. The second-order valence-electron chi connectivity index (χ2n) is 3.29. The molecule has 0 aromatic rings. The maximum absolute atomic E-state index is 11.1. The van der Waals surface area contributed by atoms with Crippen LogP contribution < -0.4 is 16.4 Å². The molecule has 0 saturated heterocycles. The van der Waals surface area contributed by atoms with Crippen LogP contribution in [0.5, 0.6) is 0 Å². The van der Waals surface area contributed by atoms with Crippen molar-refractivity contribution in [3.05, 3.63) is 0 Å². The highest BCUT2D eigenvalue weighted by molar-refractivity contribution is 5.79. The minimum absolute atomic E-state index is 0.00617. The van der Waals surface area contributed by atoms with Gasteiger partial charge >= 0.3 is 0 Å². The van der Waals surface area contributed by atoms with Crippen molar-refractivity contribution in [1.29, 1.82) is 0 Å². The van der Waals surface area contributed by atoms with Crippen LogP contribution in [-0.2, 0) is 14.3 Å². The topological polar surface area (TPSA) is 93.5 Å². The van der Waals surface area contributed by atoms with Crippen molar-refractivity contribution in [3.8, 4) is 0 Å². The second kappa shape index (κ2) is 10.4. The van der Waals surface area contributed by atoms with Crippen LogP contribution in [-0.4, -0.2) is 44.7 Å². The van der Waals surface area contributed by atoms with E-state index < -0.39 is 0 Å². The zero-order chi connectivity index (χ0) is 12.2. The quantitative estimate of drug-likeness (QED) is 0.443. The molecule has 16 heavy (non-hydrogen) atoms. The van der Waals surface area contributed by atoms with E-state index in [2.05, 4.69) is 10.6 Å². The Morgan fingerprint density at radius 3 is 2.50 bits per heavy atom. The molecule has 0 heterocycles. The Morgan fingerprint density at radius 2 is 1.88 bits per heavy atom. The number of carbonyl (C=O) groups excluding carboxylic acids is 2. The van der Waals surface area contributed by atoms with Gasteiger partial charge in [-0.25, -0.2) is 0 Å². The summed E-state index contributed by atoms with van der Waals surface area (Å²) in [6, 6.07) is 0. The lowest BCUT2D eigenvalue weighted by Crippen LogP contribution is -2.33. The minimum atomic E-state index is -0.225. The average Bonchev–Trinajstić information content (AvgIpc) is 2.26. The minimum Gasteiger partial charge on any atom is -0.370 e. The zero-order valence-electron chi connectivity index (χ0n) is 9.75. The molecular weight excluding hydrogens is 210 g/mol. The number of ether oxygens (including phenoxy) is 1. The summed E-state index contributed by atoms with van der Waals surface area (Å²) >= 11 is 0. The van der Waals surface area contributed by atoms with E-state index in [0.717, 1.165) is 6.42 Å². The van der Waals surface area contributed by atoms with E-state index in [1.54, 1.807) is 0 Å². The molecule has 94 valence electrons. The van der Waals surface area contributed by atoms with Crippen molar-refractivity contribution >= 4 is 11.8 Å². The smallest absolute Gasteiger partial charge is 0.246 e. The van der Waals surface area contributed by atoms with Crippen molar-refractivity contribution in [2.45, 2.75) is 19.8 Å². The molecule has 0 radical (unpaired) electrons. The molecule has 0 aromatic heterocycles. The highest BCUT2D eigenvalue weighted by Gasteiger charge is 2.03. The summed E-state index contributed by atoms with van der Waals surface area (Å²) in [5.74, 6) is -0.276. The molecule has 0 aromatic carbocycles. The summed E-state index contributed by atoms with van der Waals surface area (Å²) in [6.45, 7) is 3.74. The molecule has 0 aliphatic carbocycles. The molecule has 2 amide bonds. The molecule has 0 spiro atoms. The second-order valence-corrected chi connectivity index (χ2v) is 3.29. The summed E-state index contributed by atoms with van der Waals surface area (Å²) in [4.78, 5) is 22.2. The lowest BCUT2D eigenvalue weighted by molar-refractivity contribution is -0.125. The van der Waals surface area contributed by atoms with Gasteiger partial charge in [0.1, 0.15) is 6.61 Å². The number of nitrogens with two attached hydrogens (primary N) is 1. The van der Waals surface area contributed by atoms with E-state index in [-0.39, 0.29) is 18.4 Å². The lowest BCUT2D eigenvalue weighted by Gasteiger charge is -2.06. The summed E-state index contributed by atoms with van der Waals surface area (Å²) in [7, 11) is 0. The Labute approximate surface area is 95.9 Å². The van der Waals surface area contributed by atoms with Gasteiger partial charge < -0.3 is 21.1 Å². The highest BCUT2D eigenvalue weighted by Crippen LogP contribution is 1.80. The van der Waals surface area contributed by atoms with E-state index in [4.69, 9.17) is 10.5 Å². The number of rotatable bonds is 9. The third-order valence-electron chi connectivity index (χ3n) is 1.74. The molecule has 0 saturated carbocycles. The molecule has 0 bridgehead atoms. The molecule has 0 aliphatic rings. The van der Waals surface area contributed by atoms with Gasteiger partial charge in [0, 0.05) is 26.1 Å². The van der Waals surface area contributed by atoms with Gasteiger partial charge in [0.2, 0.25) is 11.8 Å². The van der Waals surface area contributed by atoms with Crippen molar-refractivity contribution in [2.24, 2.45) is 5.73 Å². The molecule has 0 aliphatic heterocycles. The number of amides is 2. The van der Waals surface area contributed by atoms with Gasteiger partial charge in [-0.3, -0.25) is 9.59 Å². The molecule has 0 atom stereocenters. The van der Waals surface area contributed by atoms with E-state index in [1.165, 1.54) is 0 Å². The molecule has 6 heteroatoms. The summed E-state index contributed by atoms with van der Waals surface area (Å²) in [6.07, 6.45) is 1.20.